The molecule has 6 heterocycles. The molecule has 1 unspecified atom stereocenters. The van der Waals surface area contributed by atoms with Crippen molar-refractivity contribution in [1.82, 2.24) is 39.0 Å². The smallest absolute Gasteiger partial charge is 0.321 e. The Morgan fingerprint density at radius 3 is 2.49 bits per heavy atom. The first-order valence-electron chi connectivity index (χ1n) is 18.1. The van der Waals surface area contributed by atoms with Crippen molar-refractivity contribution >= 4 is 83.4 Å². The topological polar surface area (TPSA) is 252 Å². The predicted octanol–water partition coefficient (Wildman–Crippen LogP) is 3.54. The molecule has 1 aliphatic carbocycles. The highest BCUT2D eigenvalue weighted by Gasteiger charge is 2.83. The Morgan fingerprint density at radius 2 is 1.78 bits per heavy atom. The van der Waals surface area contributed by atoms with Crippen LogP contribution in [0, 0.1) is 11.3 Å². The highest BCUT2D eigenvalue weighted by atomic mass is 32.5. The number of H-pyrrole nitrogens is 1. The molecule has 0 bridgehead atoms. The Bertz CT molecular complexity index is 2560. The second-order valence-corrected chi connectivity index (χ2v) is 19.1. The van der Waals surface area contributed by atoms with Crippen molar-refractivity contribution in [2.75, 3.05) is 23.8 Å². The summed E-state index contributed by atoms with van der Waals surface area (Å²) in [5.41, 5.74) is -1.79. The van der Waals surface area contributed by atoms with Gasteiger partial charge in [0.1, 0.15) is 18.7 Å². The maximum absolute atomic E-state index is 15.6. The molecule has 4 aromatic heterocycles. The van der Waals surface area contributed by atoms with Crippen LogP contribution in [-0.2, 0) is 51.5 Å². The van der Waals surface area contributed by atoms with Gasteiger partial charge in [-0.05, 0) is 48.6 Å². The molecule has 1 saturated carbocycles. The van der Waals surface area contributed by atoms with E-state index in [4.69, 9.17) is 34.9 Å². The lowest BCUT2D eigenvalue weighted by Gasteiger charge is -2.26. The van der Waals surface area contributed by atoms with Crippen LogP contribution in [-0.4, -0.2) is 98.1 Å². The van der Waals surface area contributed by atoms with E-state index in [9.17, 15) is 24.2 Å². The van der Waals surface area contributed by atoms with Crippen LogP contribution in [0.15, 0.2) is 54.1 Å². The van der Waals surface area contributed by atoms with E-state index >= 15 is 8.78 Å². The van der Waals surface area contributed by atoms with Gasteiger partial charge < -0.3 is 38.1 Å². The summed E-state index contributed by atoms with van der Waals surface area (Å²) in [6.45, 7) is -1.68. The normalized spacial score (nSPS) is 25.6. The number of anilines is 2. The number of rotatable bonds is 14. The SMILES string of the molecule is CC(C)C(=O)Nc1nc2c(ncn2[C@H]2CC[C@@H](CO[PH](=S)O[C@H]3[C@H](n4cnc5c(NC(=O)c6ccccc6)ncnc54)O[C@H](COP(O)(O)=S)[C@]34CC4(F)F)O2)c(=O)[nH]1. The summed E-state index contributed by atoms with van der Waals surface area (Å²) in [6.07, 6.45) is -1.41. The highest BCUT2D eigenvalue weighted by molar-refractivity contribution is 8.06. The zero-order chi connectivity index (χ0) is 41.9. The van der Waals surface area contributed by atoms with Crippen molar-refractivity contribution < 1.29 is 51.2 Å². The molecule has 3 fully saturated rings. The Hall–Kier alpha value is -4.06. The van der Waals surface area contributed by atoms with Crippen LogP contribution < -0.4 is 16.2 Å². The summed E-state index contributed by atoms with van der Waals surface area (Å²) in [4.78, 5) is 81.4. The fraction of sp³-hybridized carbons (Fsp3) is 0.455. The molecular weight excluding hydrogens is 861 g/mol. The number of fused-ring (bicyclic) bond motifs is 2. The molecule has 3 aliphatic rings. The van der Waals surface area contributed by atoms with E-state index in [0.717, 1.165) is 6.33 Å². The molecule has 1 aromatic carbocycles. The van der Waals surface area contributed by atoms with Crippen molar-refractivity contribution in [3.63, 3.8) is 0 Å². The molecule has 20 nitrogen and oxygen atoms in total. The maximum Gasteiger partial charge on any atom is 0.321 e. The summed E-state index contributed by atoms with van der Waals surface area (Å²) < 4.78 is 63.7. The minimum atomic E-state index is -4.28. The first-order chi connectivity index (χ1) is 28.0. The van der Waals surface area contributed by atoms with Gasteiger partial charge in [-0.25, -0.2) is 28.7 Å². The number of nitrogens with one attached hydrogen (secondary N) is 3. The molecule has 5 N–H and O–H groups in total. The molecule has 7 atom stereocenters. The number of halogens is 2. The molecule has 2 saturated heterocycles. The standard InChI is InChI=1S/C33H36F2N10O10P2S2/c1-16(2)27(46)42-31-41-26-22(29(48)43-31)39-14-44(26)20-9-8-18(53-20)10-51-56(58)55-23-30(54-19(11-52-57(49,50)59)32(23)12-33(32,34)35)45-15-38-21-24(36-13-37-25(21)45)40-28(47)17-6-4-3-5-7-17/h3-7,13-16,18-20,23,30,56H,8-12H2,1-2H3,(H2,49,50,59)(H,36,37,40,47)(H2,41,42,43,46,48)/t18-,19+,20+,23-,30+,32+/m0/s1. The first-order valence-corrected chi connectivity index (χ1v) is 23.2. The lowest BCUT2D eigenvalue weighted by molar-refractivity contribution is -0.118. The van der Waals surface area contributed by atoms with E-state index in [0.29, 0.717) is 18.4 Å². The van der Waals surface area contributed by atoms with Crippen molar-refractivity contribution in [3.05, 3.63) is 65.2 Å². The van der Waals surface area contributed by atoms with Gasteiger partial charge in [0.15, 0.2) is 41.5 Å². The third kappa shape index (κ3) is 8.23. The molecule has 5 aromatic rings. The summed E-state index contributed by atoms with van der Waals surface area (Å²) in [7, 11) is -2.77. The van der Waals surface area contributed by atoms with Crippen LogP contribution in [0.25, 0.3) is 22.3 Å². The summed E-state index contributed by atoms with van der Waals surface area (Å²) in [6, 6.07) is 8.37. The first kappa shape index (κ1) is 41.7. The van der Waals surface area contributed by atoms with Crippen molar-refractivity contribution in [1.29, 1.82) is 0 Å². The average Bonchev–Trinajstić information content (AvgIpc) is 3.79. The Labute approximate surface area is 342 Å². The van der Waals surface area contributed by atoms with Gasteiger partial charge in [-0.1, -0.05) is 32.0 Å². The summed E-state index contributed by atoms with van der Waals surface area (Å²) >= 11 is 10.2. The Kier molecular flexibility index (Phi) is 11.4. The van der Waals surface area contributed by atoms with Crippen LogP contribution in [0.1, 0.15) is 55.9 Å². The van der Waals surface area contributed by atoms with E-state index < -0.39 is 80.5 Å². The number of carbonyl (C=O) groups is 2. The summed E-state index contributed by atoms with van der Waals surface area (Å²) in [5.74, 6) is -4.54. The lowest BCUT2D eigenvalue weighted by atomic mass is 9.94. The molecule has 8 rings (SSSR count). The van der Waals surface area contributed by atoms with Gasteiger partial charge in [0.25, 0.3) is 17.4 Å². The molecule has 1 spiro atoms. The second-order valence-electron chi connectivity index (χ2n) is 14.4. The van der Waals surface area contributed by atoms with Crippen LogP contribution in [0.5, 0.6) is 0 Å². The third-order valence-electron chi connectivity index (χ3n) is 10.2. The number of benzene rings is 1. The number of hydrogen-bond donors (Lipinski definition) is 5. The Balaban J connectivity index is 1.00. The quantitative estimate of drug-likeness (QED) is 0.1000. The molecule has 26 heteroatoms. The van der Waals surface area contributed by atoms with Gasteiger partial charge in [-0.2, -0.15) is 4.98 Å². The number of imidazole rings is 2. The van der Waals surface area contributed by atoms with Gasteiger partial charge in [0, 0.05) is 17.9 Å². The van der Waals surface area contributed by atoms with E-state index in [1.165, 1.54) is 17.2 Å². The van der Waals surface area contributed by atoms with Crippen LogP contribution in [0.4, 0.5) is 20.5 Å². The number of alkyl halides is 2. The third-order valence-corrected chi connectivity index (χ3v) is 12.5. The number of amides is 2. The highest BCUT2D eigenvalue weighted by Crippen LogP contribution is 2.72. The van der Waals surface area contributed by atoms with Crippen LogP contribution in [0.2, 0.25) is 0 Å². The van der Waals surface area contributed by atoms with E-state index in [1.54, 1.807) is 48.7 Å². The zero-order valence-corrected chi connectivity index (χ0v) is 34.5. The van der Waals surface area contributed by atoms with E-state index in [1.807, 2.05) is 0 Å². The van der Waals surface area contributed by atoms with Gasteiger partial charge in [0.05, 0.1) is 43.5 Å². The molecule has 0 radical (unpaired) electrons. The number of carbonyl (C=O) groups excluding carboxylic acids is 2. The summed E-state index contributed by atoms with van der Waals surface area (Å²) in [5, 5.41) is 5.27. The van der Waals surface area contributed by atoms with E-state index in [-0.39, 0.29) is 52.5 Å². The fourth-order valence-corrected chi connectivity index (χ4v) is 9.13. The number of aromatic nitrogens is 8. The number of nitrogens with zero attached hydrogens (tertiary/aromatic N) is 7. The largest absolute Gasteiger partial charge is 0.352 e. The fourth-order valence-electron chi connectivity index (χ4n) is 7.18. The van der Waals surface area contributed by atoms with Crippen LogP contribution >= 0.6 is 13.9 Å². The lowest BCUT2D eigenvalue weighted by Crippen LogP contribution is -2.36. The molecular formula is C33H36F2N10O10P2S2. The van der Waals surface area contributed by atoms with Crippen molar-refractivity contribution in [2.45, 2.75) is 69.8 Å². The Morgan fingerprint density at radius 1 is 1.05 bits per heavy atom. The number of hydrogen-bond acceptors (Lipinski definition) is 15. The average molecular weight is 897 g/mol. The molecule has 314 valence electrons. The molecule has 2 aliphatic heterocycles. The van der Waals surface area contributed by atoms with Crippen molar-refractivity contribution in [3.8, 4) is 0 Å². The molecule has 2 amide bonds. The minimum Gasteiger partial charge on any atom is -0.352 e. The number of ether oxygens (including phenoxy) is 2. The van der Waals surface area contributed by atoms with Crippen LogP contribution in [0.3, 0.4) is 0 Å². The second kappa shape index (κ2) is 16.1. The van der Waals surface area contributed by atoms with Crippen molar-refractivity contribution in [2.24, 2.45) is 11.3 Å². The van der Waals surface area contributed by atoms with Gasteiger partial charge in [0.2, 0.25) is 11.9 Å². The van der Waals surface area contributed by atoms with E-state index in [2.05, 4.69) is 52.3 Å². The minimum absolute atomic E-state index is 0.0393. The maximum atomic E-state index is 15.6. The monoisotopic (exact) mass is 896 g/mol. The van der Waals surface area contributed by atoms with Gasteiger partial charge in [-0.15, -0.1) is 0 Å². The predicted molar refractivity (Wildman–Crippen MR) is 212 cm³/mol. The van der Waals surface area contributed by atoms with Gasteiger partial charge in [-0.3, -0.25) is 33.8 Å². The zero-order valence-electron chi connectivity index (χ0n) is 30.9. The van der Waals surface area contributed by atoms with Gasteiger partial charge >= 0.3 is 6.72 Å². The number of aromatic amines is 1. The molecule has 59 heavy (non-hydrogen) atoms.